The Labute approximate surface area is 117 Å². The average Bonchev–Trinajstić information content (AvgIpc) is 2.66. The fraction of sp³-hybridized carbons (Fsp3) is 0.800. The number of hydrogen-bond acceptors (Lipinski definition) is 3. The maximum Gasteiger partial charge on any atom is 0.114 e. The molecule has 19 heavy (non-hydrogen) atoms. The van der Waals surface area contributed by atoms with E-state index in [1.54, 1.807) is 0 Å². The largest absolute Gasteiger partial charge is 0.327 e. The molecule has 1 N–H and O–H groups in total. The van der Waals surface area contributed by atoms with Gasteiger partial charge in [0, 0.05) is 43.2 Å². The Balaban J connectivity index is 2.46. The molecule has 0 amide bonds. The number of likely N-dealkylation sites (N-methyl/N-ethyl adjacent to an activating group) is 1. The zero-order chi connectivity index (χ0) is 14.2. The van der Waals surface area contributed by atoms with Crippen LogP contribution in [0.25, 0.3) is 0 Å². The van der Waals surface area contributed by atoms with E-state index in [9.17, 15) is 0 Å². The standard InChI is InChI=1S/C15H28N4/c1-11(10-18(5)6)19-13-7-8-16-9-12(13)17-14(19)15(2,3)4/h11,16H,7-10H2,1-6H3. The van der Waals surface area contributed by atoms with Gasteiger partial charge in [0.05, 0.1) is 5.69 Å². The van der Waals surface area contributed by atoms with Crippen molar-refractivity contribution in [1.29, 1.82) is 0 Å². The van der Waals surface area contributed by atoms with E-state index in [4.69, 9.17) is 4.98 Å². The van der Waals surface area contributed by atoms with Gasteiger partial charge in [-0.3, -0.25) is 0 Å². The molecule has 0 aromatic carbocycles. The SMILES string of the molecule is CC(CN(C)C)n1c(C(C)(C)C)nc2c1CCNC2. The topological polar surface area (TPSA) is 33.1 Å². The summed E-state index contributed by atoms with van der Waals surface area (Å²) in [6.07, 6.45) is 1.09. The summed E-state index contributed by atoms with van der Waals surface area (Å²) in [5.41, 5.74) is 2.79. The minimum absolute atomic E-state index is 0.0952. The van der Waals surface area contributed by atoms with Crippen molar-refractivity contribution in [3.05, 3.63) is 17.2 Å². The van der Waals surface area contributed by atoms with Crippen molar-refractivity contribution in [2.45, 2.75) is 52.1 Å². The van der Waals surface area contributed by atoms with Crippen LogP contribution >= 0.6 is 0 Å². The van der Waals surface area contributed by atoms with Gasteiger partial charge in [-0.25, -0.2) is 4.98 Å². The minimum Gasteiger partial charge on any atom is -0.327 e. The Morgan fingerprint density at radius 1 is 1.37 bits per heavy atom. The number of rotatable bonds is 3. The lowest BCUT2D eigenvalue weighted by atomic mass is 9.95. The average molecular weight is 264 g/mol. The van der Waals surface area contributed by atoms with E-state index >= 15 is 0 Å². The summed E-state index contributed by atoms with van der Waals surface area (Å²) in [6.45, 7) is 12.1. The molecule has 2 heterocycles. The summed E-state index contributed by atoms with van der Waals surface area (Å²) >= 11 is 0. The monoisotopic (exact) mass is 264 g/mol. The van der Waals surface area contributed by atoms with E-state index in [0.717, 1.165) is 26.1 Å². The number of hydrogen-bond donors (Lipinski definition) is 1. The van der Waals surface area contributed by atoms with E-state index in [1.807, 2.05) is 0 Å². The maximum atomic E-state index is 4.93. The molecule has 0 bridgehead atoms. The molecule has 4 nitrogen and oxygen atoms in total. The van der Waals surface area contributed by atoms with E-state index < -0.39 is 0 Å². The van der Waals surface area contributed by atoms with E-state index in [0.29, 0.717) is 6.04 Å². The maximum absolute atomic E-state index is 4.93. The Hall–Kier alpha value is -0.870. The summed E-state index contributed by atoms with van der Waals surface area (Å²) in [5.74, 6) is 1.23. The number of aromatic nitrogens is 2. The fourth-order valence-electron chi connectivity index (χ4n) is 2.95. The minimum atomic E-state index is 0.0952. The molecule has 1 aromatic rings. The molecule has 0 aliphatic carbocycles. The van der Waals surface area contributed by atoms with Crippen LogP contribution in [0.1, 0.15) is 50.9 Å². The molecule has 1 unspecified atom stereocenters. The van der Waals surface area contributed by atoms with Gasteiger partial charge in [-0.15, -0.1) is 0 Å². The first kappa shape index (κ1) is 14.5. The van der Waals surface area contributed by atoms with Gasteiger partial charge in [-0.1, -0.05) is 20.8 Å². The number of fused-ring (bicyclic) bond motifs is 1. The summed E-state index contributed by atoms with van der Waals surface area (Å²) in [4.78, 5) is 7.19. The molecule has 1 aliphatic rings. The molecule has 0 saturated heterocycles. The first-order chi connectivity index (χ1) is 8.80. The van der Waals surface area contributed by atoms with Crippen molar-refractivity contribution in [2.24, 2.45) is 0 Å². The van der Waals surface area contributed by atoms with Gasteiger partial charge in [-0.2, -0.15) is 0 Å². The quantitative estimate of drug-likeness (QED) is 0.906. The van der Waals surface area contributed by atoms with E-state index in [1.165, 1.54) is 17.2 Å². The molecule has 2 rings (SSSR count). The first-order valence-corrected chi connectivity index (χ1v) is 7.26. The van der Waals surface area contributed by atoms with Crippen LogP contribution in [0.4, 0.5) is 0 Å². The van der Waals surface area contributed by atoms with Gasteiger partial charge in [0.15, 0.2) is 0 Å². The van der Waals surface area contributed by atoms with Crippen LogP contribution in [0.15, 0.2) is 0 Å². The van der Waals surface area contributed by atoms with Gasteiger partial charge in [0.1, 0.15) is 5.82 Å². The van der Waals surface area contributed by atoms with Gasteiger partial charge >= 0.3 is 0 Å². The second-order valence-corrected chi connectivity index (χ2v) is 6.99. The summed E-state index contributed by atoms with van der Waals surface area (Å²) < 4.78 is 2.50. The predicted octanol–water partition coefficient (Wildman–Crippen LogP) is 1.95. The molecule has 1 atom stereocenters. The Bertz CT molecular complexity index is 440. The molecule has 108 valence electrons. The molecule has 0 spiro atoms. The lowest BCUT2D eigenvalue weighted by Crippen LogP contribution is -2.30. The van der Waals surface area contributed by atoms with Crippen LogP contribution in [-0.2, 0) is 18.4 Å². The second kappa shape index (κ2) is 5.25. The smallest absolute Gasteiger partial charge is 0.114 e. The van der Waals surface area contributed by atoms with Crippen molar-refractivity contribution >= 4 is 0 Å². The van der Waals surface area contributed by atoms with Crippen molar-refractivity contribution in [2.75, 3.05) is 27.2 Å². The Kier molecular flexibility index (Phi) is 4.02. The first-order valence-electron chi connectivity index (χ1n) is 7.26. The third-order valence-corrected chi connectivity index (χ3v) is 3.66. The van der Waals surface area contributed by atoms with Gasteiger partial charge in [0.25, 0.3) is 0 Å². The van der Waals surface area contributed by atoms with E-state index in [2.05, 4.69) is 56.6 Å². The number of imidazole rings is 1. The molecule has 0 saturated carbocycles. The number of nitrogens with one attached hydrogen (secondary N) is 1. The van der Waals surface area contributed by atoms with Crippen LogP contribution in [0.3, 0.4) is 0 Å². The summed E-state index contributed by atoms with van der Waals surface area (Å²) in [6, 6.07) is 0.471. The van der Waals surface area contributed by atoms with Crippen molar-refractivity contribution in [1.82, 2.24) is 19.8 Å². The summed E-state index contributed by atoms with van der Waals surface area (Å²) in [7, 11) is 4.27. The van der Waals surface area contributed by atoms with Crippen molar-refractivity contribution in [3.63, 3.8) is 0 Å². The van der Waals surface area contributed by atoms with Gasteiger partial charge in [0.2, 0.25) is 0 Å². The molecular formula is C15H28N4. The lowest BCUT2D eigenvalue weighted by Gasteiger charge is -2.28. The molecule has 0 radical (unpaired) electrons. The Morgan fingerprint density at radius 2 is 2.05 bits per heavy atom. The molecular weight excluding hydrogens is 236 g/mol. The summed E-state index contributed by atoms with van der Waals surface area (Å²) in [5, 5.41) is 3.43. The Morgan fingerprint density at radius 3 is 2.63 bits per heavy atom. The van der Waals surface area contributed by atoms with Crippen molar-refractivity contribution < 1.29 is 0 Å². The van der Waals surface area contributed by atoms with Crippen LogP contribution in [0.5, 0.6) is 0 Å². The third-order valence-electron chi connectivity index (χ3n) is 3.66. The molecule has 1 aliphatic heterocycles. The predicted molar refractivity (Wildman–Crippen MR) is 79.6 cm³/mol. The lowest BCUT2D eigenvalue weighted by molar-refractivity contribution is 0.318. The number of nitrogens with zero attached hydrogens (tertiary/aromatic N) is 3. The molecule has 4 heteroatoms. The highest BCUT2D eigenvalue weighted by Gasteiger charge is 2.29. The highest BCUT2D eigenvalue weighted by molar-refractivity contribution is 5.24. The molecule has 0 fully saturated rings. The van der Waals surface area contributed by atoms with Crippen LogP contribution in [-0.4, -0.2) is 41.6 Å². The zero-order valence-corrected chi connectivity index (χ0v) is 13.2. The highest BCUT2D eigenvalue weighted by atomic mass is 15.2. The third kappa shape index (κ3) is 3.00. The zero-order valence-electron chi connectivity index (χ0n) is 13.2. The van der Waals surface area contributed by atoms with Crippen LogP contribution in [0.2, 0.25) is 0 Å². The van der Waals surface area contributed by atoms with Gasteiger partial charge < -0.3 is 14.8 Å². The van der Waals surface area contributed by atoms with Crippen LogP contribution < -0.4 is 5.32 Å². The van der Waals surface area contributed by atoms with Crippen molar-refractivity contribution in [3.8, 4) is 0 Å². The molecule has 1 aromatic heterocycles. The fourth-order valence-corrected chi connectivity index (χ4v) is 2.95. The van der Waals surface area contributed by atoms with Crippen LogP contribution in [0, 0.1) is 0 Å². The highest BCUT2D eigenvalue weighted by Crippen LogP contribution is 2.29. The second-order valence-electron chi connectivity index (χ2n) is 6.99. The van der Waals surface area contributed by atoms with E-state index in [-0.39, 0.29) is 5.41 Å². The van der Waals surface area contributed by atoms with Gasteiger partial charge in [-0.05, 0) is 21.0 Å². The normalized spacial score (nSPS) is 17.6.